The highest BCUT2D eigenvalue weighted by Gasteiger charge is 2.32. The van der Waals surface area contributed by atoms with Gasteiger partial charge in [-0.1, -0.05) is 0 Å². The zero-order valence-corrected chi connectivity index (χ0v) is 6.82. The quantitative estimate of drug-likeness (QED) is 0.588. The zero-order chi connectivity index (χ0) is 9.19. The lowest BCUT2D eigenvalue weighted by molar-refractivity contribution is -0.181. The van der Waals surface area contributed by atoms with Gasteiger partial charge in [0.05, 0.1) is 19.8 Å². The predicted molar refractivity (Wildman–Crippen MR) is 38.8 cm³/mol. The fourth-order valence-corrected chi connectivity index (χ4v) is 0.652. The van der Waals surface area contributed by atoms with Gasteiger partial charge in [-0.2, -0.15) is 0 Å². The minimum Gasteiger partial charge on any atom is -0.479 e. The van der Waals surface area contributed by atoms with Crippen LogP contribution in [0.15, 0.2) is 0 Å². The van der Waals surface area contributed by atoms with E-state index in [1.54, 1.807) is 0 Å². The largest absolute Gasteiger partial charge is 0.479 e. The Morgan fingerprint density at radius 1 is 1.75 bits per heavy atom. The van der Waals surface area contributed by atoms with Crippen molar-refractivity contribution in [3.05, 3.63) is 0 Å². The van der Waals surface area contributed by atoms with E-state index in [2.05, 4.69) is 0 Å². The number of hydrogen-bond acceptors (Lipinski definition) is 4. The van der Waals surface area contributed by atoms with Crippen molar-refractivity contribution in [2.24, 2.45) is 0 Å². The standard InChI is InChI=1S/C7H12O5/c1-7(10,6(8)9)4-12-5-2-11-3-5/h5,10H,2-4H2,1H3,(H,8,9). The molecule has 0 amide bonds. The summed E-state index contributed by atoms with van der Waals surface area (Å²) >= 11 is 0. The van der Waals surface area contributed by atoms with Gasteiger partial charge in [-0.25, -0.2) is 4.79 Å². The van der Waals surface area contributed by atoms with E-state index in [9.17, 15) is 9.90 Å². The number of hydrogen-bond donors (Lipinski definition) is 2. The molecule has 0 aromatic carbocycles. The van der Waals surface area contributed by atoms with E-state index in [1.807, 2.05) is 0 Å². The Morgan fingerprint density at radius 3 is 2.67 bits per heavy atom. The maximum Gasteiger partial charge on any atom is 0.337 e. The van der Waals surface area contributed by atoms with Crippen LogP contribution < -0.4 is 0 Å². The SMILES string of the molecule is CC(O)(COC1COC1)C(=O)O. The zero-order valence-electron chi connectivity index (χ0n) is 6.82. The first-order valence-corrected chi connectivity index (χ1v) is 3.67. The summed E-state index contributed by atoms with van der Waals surface area (Å²) in [6.07, 6.45) is -0.0594. The van der Waals surface area contributed by atoms with Crippen LogP contribution in [0.2, 0.25) is 0 Å². The van der Waals surface area contributed by atoms with Crippen molar-refractivity contribution < 1.29 is 24.5 Å². The molecule has 5 heteroatoms. The van der Waals surface area contributed by atoms with Crippen LogP contribution in [0, 0.1) is 0 Å². The molecular weight excluding hydrogens is 164 g/mol. The highest BCUT2D eigenvalue weighted by molar-refractivity contribution is 5.76. The average molecular weight is 176 g/mol. The highest BCUT2D eigenvalue weighted by Crippen LogP contribution is 2.10. The molecule has 0 bridgehead atoms. The van der Waals surface area contributed by atoms with Crippen LogP contribution in [0.3, 0.4) is 0 Å². The molecule has 1 aliphatic rings. The summed E-state index contributed by atoms with van der Waals surface area (Å²) in [5, 5.41) is 17.7. The number of aliphatic hydroxyl groups is 1. The van der Waals surface area contributed by atoms with Crippen molar-refractivity contribution >= 4 is 5.97 Å². The number of carboxylic acids is 1. The summed E-state index contributed by atoms with van der Waals surface area (Å²) in [6, 6.07) is 0. The van der Waals surface area contributed by atoms with E-state index in [0.717, 1.165) is 0 Å². The van der Waals surface area contributed by atoms with Crippen molar-refractivity contribution in [3.8, 4) is 0 Å². The molecule has 0 radical (unpaired) electrons. The summed E-state index contributed by atoms with van der Waals surface area (Å²) in [7, 11) is 0. The lowest BCUT2D eigenvalue weighted by Crippen LogP contribution is -2.45. The molecule has 0 aromatic heterocycles. The van der Waals surface area contributed by atoms with Gasteiger partial charge in [0.1, 0.15) is 6.10 Å². The van der Waals surface area contributed by atoms with Gasteiger partial charge < -0.3 is 19.7 Å². The summed E-state index contributed by atoms with van der Waals surface area (Å²) < 4.78 is 9.85. The van der Waals surface area contributed by atoms with E-state index < -0.39 is 11.6 Å². The maximum atomic E-state index is 10.4. The van der Waals surface area contributed by atoms with Crippen LogP contribution in [0.5, 0.6) is 0 Å². The lowest BCUT2D eigenvalue weighted by atomic mass is 10.1. The van der Waals surface area contributed by atoms with Crippen molar-refractivity contribution in [2.45, 2.75) is 18.6 Å². The number of carbonyl (C=O) groups is 1. The summed E-state index contributed by atoms with van der Waals surface area (Å²) in [4.78, 5) is 10.4. The molecule has 0 aromatic rings. The Balaban J connectivity index is 2.24. The van der Waals surface area contributed by atoms with E-state index >= 15 is 0 Å². The molecule has 1 unspecified atom stereocenters. The second-order valence-corrected chi connectivity index (χ2v) is 3.05. The minimum absolute atomic E-state index is 0.0594. The van der Waals surface area contributed by atoms with Crippen LogP contribution in [-0.4, -0.2) is 47.7 Å². The molecule has 70 valence electrons. The maximum absolute atomic E-state index is 10.4. The lowest BCUT2D eigenvalue weighted by Gasteiger charge is -2.28. The van der Waals surface area contributed by atoms with E-state index in [0.29, 0.717) is 13.2 Å². The van der Waals surface area contributed by atoms with Crippen LogP contribution in [0.25, 0.3) is 0 Å². The molecule has 12 heavy (non-hydrogen) atoms. The Labute approximate surface area is 69.9 Å². The molecule has 0 saturated carbocycles. The van der Waals surface area contributed by atoms with Crippen LogP contribution in [0.1, 0.15) is 6.92 Å². The first kappa shape index (κ1) is 9.44. The third-order valence-corrected chi connectivity index (χ3v) is 1.67. The molecule has 1 saturated heterocycles. The molecule has 2 N–H and O–H groups in total. The molecule has 0 aliphatic carbocycles. The predicted octanol–water partition coefficient (Wildman–Crippen LogP) is -0.763. The Hall–Kier alpha value is -0.650. The molecular formula is C7H12O5. The van der Waals surface area contributed by atoms with Gasteiger partial charge in [-0.3, -0.25) is 0 Å². The fraction of sp³-hybridized carbons (Fsp3) is 0.857. The number of aliphatic carboxylic acids is 1. The number of rotatable bonds is 4. The van der Waals surface area contributed by atoms with Gasteiger partial charge >= 0.3 is 5.97 Å². The molecule has 1 heterocycles. The first-order valence-electron chi connectivity index (χ1n) is 3.67. The molecule has 1 rings (SSSR count). The van der Waals surface area contributed by atoms with Crippen molar-refractivity contribution in [3.63, 3.8) is 0 Å². The van der Waals surface area contributed by atoms with Crippen LogP contribution in [-0.2, 0) is 14.3 Å². The van der Waals surface area contributed by atoms with E-state index in [-0.39, 0.29) is 12.7 Å². The van der Waals surface area contributed by atoms with Crippen molar-refractivity contribution in [1.29, 1.82) is 0 Å². The molecule has 5 nitrogen and oxygen atoms in total. The summed E-state index contributed by atoms with van der Waals surface area (Å²) in [5.41, 5.74) is -1.80. The molecule has 1 fully saturated rings. The van der Waals surface area contributed by atoms with Gasteiger partial charge in [0.15, 0.2) is 5.60 Å². The normalized spacial score (nSPS) is 22.8. The van der Waals surface area contributed by atoms with Crippen LogP contribution >= 0.6 is 0 Å². The van der Waals surface area contributed by atoms with E-state index in [1.165, 1.54) is 6.92 Å². The Morgan fingerprint density at radius 2 is 2.33 bits per heavy atom. The van der Waals surface area contributed by atoms with Gasteiger partial charge in [-0.05, 0) is 6.92 Å². The molecule has 0 spiro atoms. The second-order valence-electron chi connectivity index (χ2n) is 3.05. The van der Waals surface area contributed by atoms with Crippen molar-refractivity contribution in [2.75, 3.05) is 19.8 Å². The van der Waals surface area contributed by atoms with Crippen molar-refractivity contribution in [1.82, 2.24) is 0 Å². The number of carboxylic acid groups (broad SMARTS) is 1. The van der Waals surface area contributed by atoms with Gasteiger partial charge in [0.2, 0.25) is 0 Å². The van der Waals surface area contributed by atoms with Gasteiger partial charge in [0, 0.05) is 0 Å². The first-order chi connectivity index (χ1) is 5.52. The van der Waals surface area contributed by atoms with Gasteiger partial charge in [0.25, 0.3) is 0 Å². The minimum atomic E-state index is -1.80. The third-order valence-electron chi connectivity index (χ3n) is 1.67. The Kier molecular flexibility index (Phi) is 2.66. The second kappa shape index (κ2) is 3.38. The van der Waals surface area contributed by atoms with E-state index in [4.69, 9.17) is 14.6 Å². The third kappa shape index (κ3) is 2.17. The summed E-state index contributed by atoms with van der Waals surface area (Å²) in [6.45, 7) is 1.97. The summed E-state index contributed by atoms with van der Waals surface area (Å²) in [5.74, 6) is -1.28. The fourth-order valence-electron chi connectivity index (χ4n) is 0.652. The highest BCUT2D eigenvalue weighted by atomic mass is 16.6. The molecule has 1 aliphatic heterocycles. The average Bonchev–Trinajstić information content (AvgIpc) is 1.83. The Bertz CT molecular complexity index is 173. The van der Waals surface area contributed by atoms with Crippen LogP contribution in [0.4, 0.5) is 0 Å². The smallest absolute Gasteiger partial charge is 0.337 e. The number of ether oxygens (including phenoxy) is 2. The monoisotopic (exact) mass is 176 g/mol. The van der Waals surface area contributed by atoms with Gasteiger partial charge in [-0.15, -0.1) is 0 Å². The topological polar surface area (TPSA) is 76.0 Å². The molecule has 1 atom stereocenters.